The normalized spacial score (nSPS) is 13.7. The predicted octanol–water partition coefficient (Wildman–Crippen LogP) is 5.95. The third kappa shape index (κ3) is 5.44. The molecule has 0 fully saturated rings. The fraction of sp³-hybridized carbons (Fsp3) is 0.429. The molecule has 1 aromatic carbocycles. The van der Waals surface area contributed by atoms with Gasteiger partial charge in [0.1, 0.15) is 0 Å². The van der Waals surface area contributed by atoms with Crippen molar-refractivity contribution in [3.8, 4) is 0 Å². The van der Waals surface area contributed by atoms with Crippen molar-refractivity contribution in [2.24, 2.45) is 0 Å². The zero-order chi connectivity index (χ0) is 13.4. The van der Waals surface area contributed by atoms with E-state index < -0.39 is 13.8 Å². The number of unbranched alkanes of at least 4 members (excludes halogenated alkanes) is 3. The van der Waals surface area contributed by atoms with E-state index in [9.17, 15) is 0 Å². The van der Waals surface area contributed by atoms with Crippen LogP contribution in [0.2, 0.25) is 0 Å². The van der Waals surface area contributed by atoms with Gasteiger partial charge < -0.3 is 0 Å². The molecule has 4 heteroatoms. The van der Waals surface area contributed by atoms with Crippen molar-refractivity contribution in [2.75, 3.05) is 0 Å². The van der Waals surface area contributed by atoms with Crippen LogP contribution in [0.4, 0.5) is 0 Å². The molecule has 0 N–H and O–H groups in total. The first-order valence-electron chi connectivity index (χ1n) is 6.20. The molecule has 0 radical (unpaired) electrons. The Labute approximate surface area is 141 Å². The van der Waals surface area contributed by atoms with Gasteiger partial charge in [-0.15, -0.1) is 0 Å². The summed E-state index contributed by atoms with van der Waals surface area (Å²) in [7, 11) is 0. The summed E-state index contributed by atoms with van der Waals surface area (Å²) < 4.78 is 5.31. The Bertz CT molecular complexity index is 377. The standard InChI is InChI=1S/C14H19Br2ITe/c1-2-3-4-6-11-14(12-17)18(15,16)13-9-7-5-8-10-13/h5,7-10,12H,2-4,6,11H2,1H3/b14-12+. The van der Waals surface area contributed by atoms with E-state index in [-0.39, 0.29) is 0 Å². The van der Waals surface area contributed by atoms with Gasteiger partial charge in [-0.1, -0.05) is 0 Å². The van der Waals surface area contributed by atoms with Crippen molar-refractivity contribution >= 4 is 65.5 Å². The van der Waals surface area contributed by atoms with Gasteiger partial charge >= 0.3 is 143 Å². The first-order valence-corrected chi connectivity index (χ1v) is 20.2. The number of halogens is 3. The summed E-state index contributed by atoms with van der Waals surface area (Å²) >= 11 is 8.06. The minimum atomic E-state index is -2.37. The van der Waals surface area contributed by atoms with Crippen LogP contribution in [-0.4, -0.2) is 13.8 Å². The molecule has 0 saturated heterocycles. The molecule has 0 unspecified atom stereocenters. The Kier molecular flexibility index (Phi) is 9.12. The van der Waals surface area contributed by atoms with Gasteiger partial charge in [0.05, 0.1) is 0 Å². The van der Waals surface area contributed by atoms with Crippen LogP contribution in [0.15, 0.2) is 38.0 Å². The van der Waals surface area contributed by atoms with E-state index in [0.29, 0.717) is 0 Å². The van der Waals surface area contributed by atoms with Crippen LogP contribution in [0.5, 0.6) is 0 Å². The van der Waals surface area contributed by atoms with E-state index in [4.69, 9.17) is 0 Å². The van der Waals surface area contributed by atoms with Crippen molar-refractivity contribution in [3.63, 3.8) is 0 Å². The summed E-state index contributed by atoms with van der Waals surface area (Å²) in [6, 6.07) is 10.8. The van der Waals surface area contributed by atoms with Crippen LogP contribution in [0.25, 0.3) is 0 Å². The maximum absolute atomic E-state index is 4.02. The SMILES string of the molecule is CCCCCC/C(=C\I)[Te](Br)(Br)c1ccccc1. The average Bonchev–Trinajstić information content (AvgIpc) is 2.39. The van der Waals surface area contributed by atoms with Crippen molar-refractivity contribution in [1.82, 2.24) is 0 Å². The van der Waals surface area contributed by atoms with Crippen molar-refractivity contribution in [1.29, 1.82) is 0 Å². The van der Waals surface area contributed by atoms with E-state index in [2.05, 4.69) is 89.4 Å². The second kappa shape index (κ2) is 9.39. The first kappa shape index (κ1) is 17.5. The van der Waals surface area contributed by atoms with Gasteiger partial charge in [-0.3, -0.25) is 0 Å². The second-order valence-electron chi connectivity index (χ2n) is 4.17. The predicted molar refractivity (Wildman–Crippen MR) is 101 cm³/mol. The fourth-order valence-corrected chi connectivity index (χ4v) is 19.3. The van der Waals surface area contributed by atoms with Gasteiger partial charge in [0.15, 0.2) is 0 Å². The molecule has 0 heterocycles. The third-order valence-corrected chi connectivity index (χ3v) is 20.7. The Morgan fingerprint density at radius 1 is 1.17 bits per heavy atom. The van der Waals surface area contributed by atoms with Gasteiger partial charge in [0.25, 0.3) is 0 Å². The zero-order valence-corrected chi connectivity index (χ0v) is 18.2. The quantitative estimate of drug-likeness (QED) is 0.206. The fourth-order valence-electron chi connectivity index (χ4n) is 1.71. The van der Waals surface area contributed by atoms with E-state index in [1.807, 2.05) is 0 Å². The Balaban J connectivity index is 2.69. The Hall–Kier alpha value is 1.44. The molecule has 0 bridgehead atoms. The number of benzene rings is 1. The van der Waals surface area contributed by atoms with Gasteiger partial charge in [-0.05, 0) is 0 Å². The van der Waals surface area contributed by atoms with Crippen LogP contribution in [0, 0.1) is 0 Å². The summed E-state index contributed by atoms with van der Waals surface area (Å²) in [5.41, 5.74) is 0. The monoisotopic (exact) mass is 602 g/mol. The van der Waals surface area contributed by atoms with Crippen LogP contribution in [0.1, 0.15) is 39.0 Å². The Morgan fingerprint density at radius 2 is 1.83 bits per heavy atom. The number of allylic oxidation sites excluding steroid dienone is 1. The summed E-state index contributed by atoms with van der Waals surface area (Å²) in [5, 5.41) is 0. The molecule has 0 spiro atoms. The van der Waals surface area contributed by atoms with E-state index >= 15 is 0 Å². The maximum atomic E-state index is 4.02. The molecule has 1 rings (SSSR count). The second-order valence-corrected chi connectivity index (χ2v) is 29.2. The molecule has 0 aliphatic rings. The minimum absolute atomic E-state index is 1.22. The molecule has 0 amide bonds. The molecule has 0 aliphatic carbocycles. The van der Waals surface area contributed by atoms with Crippen LogP contribution < -0.4 is 3.61 Å². The molecule has 0 aliphatic heterocycles. The number of hydrogen-bond acceptors (Lipinski definition) is 0. The van der Waals surface area contributed by atoms with Gasteiger partial charge in [-0.25, -0.2) is 0 Å². The molecule has 0 saturated carbocycles. The summed E-state index contributed by atoms with van der Waals surface area (Å²) in [6.07, 6.45) is 6.52. The van der Waals surface area contributed by atoms with Gasteiger partial charge in [0.2, 0.25) is 0 Å². The summed E-state index contributed by atoms with van der Waals surface area (Å²) in [5.74, 6) is 0. The molecular weight excluding hydrogens is 582 g/mol. The van der Waals surface area contributed by atoms with Crippen molar-refractivity contribution in [2.45, 2.75) is 39.0 Å². The van der Waals surface area contributed by atoms with Crippen LogP contribution >= 0.6 is 48.1 Å². The van der Waals surface area contributed by atoms with Crippen LogP contribution in [-0.2, 0) is 0 Å². The number of hydrogen-bond donors (Lipinski definition) is 0. The van der Waals surface area contributed by atoms with Crippen LogP contribution in [0.3, 0.4) is 0 Å². The molecule has 0 aromatic heterocycles. The number of rotatable bonds is 7. The topological polar surface area (TPSA) is 0 Å². The van der Waals surface area contributed by atoms with Gasteiger partial charge in [-0.2, -0.15) is 0 Å². The average molecular weight is 602 g/mol. The van der Waals surface area contributed by atoms with E-state index in [0.717, 1.165) is 0 Å². The molecular formula is C14H19Br2ITe. The first-order chi connectivity index (χ1) is 8.62. The zero-order valence-electron chi connectivity index (χ0n) is 10.5. The van der Waals surface area contributed by atoms with Gasteiger partial charge in [0, 0.05) is 0 Å². The van der Waals surface area contributed by atoms with E-state index in [1.54, 1.807) is 3.62 Å². The van der Waals surface area contributed by atoms with E-state index in [1.165, 1.54) is 35.7 Å². The summed E-state index contributed by atoms with van der Waals surface area (Å²) in [6.45, 7) is 2.26. The molecule has 0 nitrogen and oxygen atoms in total. The molecule has 0 atom stereocenters. The van der Waals surface area contributed by atoms with Crippen molar-refractivity contribution < 1.29 is 0 Å². The Morgan fingerprint density at radius 3 is 2.39 bits per heavy atom. The third-order valence-electron chi connectivity index (χ3n) is 2.77. The summed E-state index contributed by atoms with van der Waals surface area (Å²) in [4.78, 5) is 0. The molecule has 1 aromatic rings. The molecule has 18 heavy (non-hydrogen) atoms. The molecule has 102 valence electrons. The van der Waals surface area contributed by atoms with Crippen molar-refractivity contribution in [3.05, 3.63) is 38.0 Å².